The Hall–Kier alpha value is -8.13. The first-order chi connectivity index (χ1) is 43.2. The predicted molar refractivity (Wildman–Crippen MR) is 305 cm³/mol. The second kappa shape index (κ2) is 26.8. The number of H-pyrrole nitrogens is 2. The molecule has 7 aromatic heterocycles. The van der Waals surface area contributed by atoms with Crippen LogP contribution >= 0.6 is 0 Å². The fourth-order valence-electron chi connectivity index (χ4n) is 11.0. The molecule has 8 bridgehead atoms. The van der Waals surface area contributed by atoms with Crippen molar-refractivity contribution in [3.63, 3.8) is 0 Å². The lowest BCUT2D eigenvalue weighted by Crippen LogP contribution is -2.38. The average molecular weight is 1320 g/mol. The monoisotopic (exact) mass is 1310 g/mol. The first-order valence-corrected chi connectivity index (χ1v) is 29.4. The van der Waals surface area contributed by atoms with Crippen LogP contribution in [-0.4, -0.2) is 68.1 Å². The molecule has 0 amide bonds. The molecule has 0 spiro atoms. The summed E-state index contributed by atoms with van der Waals surface area (Å²) < 4.78 is 268. The number of fused-ring (bicyclic) bond motifs is 8. The van der Waals surface area contributed by atoms with E-state index >= 15 is 0 Å². The van der Waals surface area contributed by atoms with E-state index in [4.69, 9.17) is 9.97 Å². The van der Waals surface area contributed by atoms with Gasteiger partial charge < -0.3 is 9.97 Å². The van der Waals surface area contributed by atoms with Crippen LogP contribution in [0.25, 0.3) is 91.4 Å². The van der Waals surface area contributed by atoms with Gasteiger partial charge in [-0.1, -0.05) is 0 Å². The van der Waals surface area contributed by atoms with E-state index in [9.17, 15) is 83.4 Å². The van der Waals surface area contributed by atoms with Gasteiger partial charge in [0.05, 0.1) is 67.1 Å². The summed E-state index contributed by atoms with van der Waals surface area (Å²) in [4.78, 5) is 17.4. The maximum atomic E-state index is 14.5. The number of rotatable bonds is 25. The van der Waals surface area contributed by atoms with Crippen molar-refractivity contribution >= 4 is 46.4 Å². The summed E-state index contributed by atoms with van der Waals surface area (Å²) in [6, 6.07) is 26.6. The number of alkyl halides is 19. The number of hydrogen-bond donors (Lipinski definition) is 2. The highest BCUT2D eigenvalue weighted by molar-refractivity contribution is 5.97. The third-order valence-corrected chi connectivity index (χ3v) is 16.0. The zero-order valence-electron chi connectivity index (χ0n) is 49.0. The number of aryl methyl sites for hydroxylation is 4. The van der Waals surface area contributed by atoms with Crippen molar-refractivity contribution in [1.82, 2.24) is 19.9 Å². The second-order valence-corrected chi connectivity index (χ2v) is 22.6. The van der Waals surface area contributed by atoms with E-state index in [2.05, 4.69) is 9.97 Å². The van der Waals surface area contributed by atoms with Crippen LogP contribution in [0.15, 0.2) is 122 Å². The molecule has 0 unspecified atom stereocenters. The van der Waals surface area contributed by atoms with Gasteiger partial charge in [0, 0.05) is 107 Å². The lowest BCUT2D eigenvalue weighted by Gasteiger charge is -2.22. The van der Waals surface area contributed by atoms with Crippen LogP contribution in [0.3, 0.4) is 0 Å². The van der Waals surface area contributed by atoms with Crippen LogP contribution < -0.4 is 18.3 Å². The Morgan fingerprint density at radius 3 is 0.750 bits per heavy atom. The second-order valence-electron chi connectivity index (χ2n) is 22.6. The predicted octanol–water partition coefficient (Wildman–Crippen LogP) is 18.0. The first-order valence-electron chi connectivity index (χ1n) is 29.4. The molecule has 7 aromatic rings. The number of aromatic amines is 2. The van der Waals surface area contributed by atoms with Crippen molar-refractivity contribution in [2.24, 2.45) is 0 Å². The maximum Gasteiger partial charge on any atom is 0.453 e. The molecule has 0 fully saturated rings. The van der Waals surface area contributed by atoms with Crippen molar-refractivity contribution in [2.75, 3.05) is 0 Å². The van der Waals surface area contributed by atoms with E-state index in [1.807, 2.05) is 0 Å². The van der Waals surface area contributed by atoms with Gasteiger partial charge in [0.2, 0.25) is 22.8 Å². The van der Waals surface area contributed by atoms with Gasteiger partial charge in [-0.05, 0) is 98.5 Å². The van der Waals surface area contributed by atoms with Gasteiger partial charge in [-0.3, -0.25) is 0 Å². The molecule has 9 rings (SSSR count). The summed E-state index contributed by atoms with van der Waals surface area (Å²) in [5.74, 6) is -23.5. The highest BCUT2D eigenvalue weighted by Crippen LogP contribution is 2.43. The zero-order valence-corrected chi connectivity index (χ0v) is 49.0. The summed E-state index contributed by atoms with van der Waals surface area (Å²) in [5.41, 5.74) is 5.36. The van der Waals surface area contributed by atoms with Crippen LogP contribution in [0.2, 0.25) is 0 Å². The Bertz CT molecular complexity index is 3500. The van der Waals surface area contributed by atoms with E-state index in [1.54, 1.807) is 164 Å². The molecule has 2 aliphatic rings. The van der Waals surface area contributed by atoms with Crippen molar-refractivity contribution in [2.45, 2.75) is 158 Å². The molecule has 27 heteroatoms. The Morgan fingerprint density at radius 2 is 0.533 bits per heavy atom. The Kier molecular flexibility index (Phi) is 19.9. The van der Waals surface area contributed by atoms with Crippen LogP contribution in [0.5, 0.6) is 0 Å². The van der Waals surface area contributed by atoms with E-state index in [1.165, 1.54) is 0 Å². The lowest BCUT2D eigenvalue weighted by molar-refractivity contribution is -0.686. The highest BCUT2D eigenvalue weighted by Gasteiger charge is 2.58. The number of hydrogen-bond acceptors (Lipinski definition) is 2. The number of nitrogens with one attached hydrogen (secondary N) is 2. The number of unbranched alkanes of at least 4 members (excludes halogenated alkanes) is 4. The Morgan fingerprint density at radius 1 is 0.304 bits per heavy atom. The van der Waals surface area contributed by atoms with Crippen LogP contribution in [0, 0.1) is 0 Å². The number of aromatic nitrogens is 8. The van der Waals surface area contributed by atoms with Crippen molar-refractivity contribution in [3.8, 4) is 45.0 Å². The van der Waals surface area contributed by atoms with Crippen molar-refractivity contribution in [3.05, 3.63) is 145 Å². The highest BCUT2D eigenvalue weighted by atomic mass is 19.4. The first kappa shape index (κ1) is 68.2. The van der Waals surface area contributed by atoms with Crippen LogP contribution in [-0.2, 0) is 26.2 Å². The van der Waals surface area contributed by atoms with Gasteiger partial charge in [0.15, 0.2) is 24.8 Å². The lowest BCUT2D eigenvalue weighted by atomic mass is 10.1. The van der Waals surface area contributed by atoms with Gasteiger partial charge in [-0.15, -0.1) is 0 Å². The standard InChI is InChI=1S/C65H60F19N8/c1-58(66,67)59(68,69)30-6-14-38-89-34-10-2-18-50(89)54-42-22-24-44(85-42)55(51-19-3-11-35-90(51)39-15-7-31-60(70,71)63(76,77)78)46-26-28-48(87-46)57(53-21-5-13-37-92(53)41-17-9-33-62(74,75)65(82,83)84)49-29-27-47(88-49)56(45-25-23-43(54)86-45)52-20-4-12-36-91(52)40-16-8-32-61(72,73)64(79,80)81/h2-5,10-13,18-29,34-37H,6-9,14-17,30-33,38-41H2,1H3,(H,85,86,87,88)/q+3/p+1. The molecule has 2 aliphatic heterocycles. The molecule has 9 heterocycles. The smallest absolute Gasteiger partial charge is 0.354 e. The number of nitrogens with zero attached hydrogens (tertiary/aromatic N) is 6. The SMILES string of the molecule is CC(F)(F)C(F)(F)CCCC[n+]1ccccc1-c1c2nc(c(-c3cccc[n+]3CCCCC(F)(F)C(F)(F)F)c3ccc([nH]3)c(-c3cccc[n+]3CCCCC(F)(F)C(F)(F)F)c3nc(c(-c4cccc[n+]4CCCCC(F)(F)C(F)(F)F)c4ccc1[nH]4)C=C3)C=C2. The molecule has 92 heavy (non-hydrogen) atoms. The molecule has 0 aliphatic carbocycles. The third kappa shape index (κ3) is 15.2. The van der Waals surface area contributed by atoms with E-state index in [0.29, 0.717) is 67.1 Å². The van der Waals surface area contributed by atoms with Crippen molar-refractivity contribution < 1.29 is 102 Å². The van der Waals surface area contributed by atoms with Gasteiger partial charge in [-0.25, -0.2) is 18.7 Å². The largest absolute Gasteiger partial charge is 0.453 e. The maximum absolute atomic E-state index is 14.5. The molecule has 0 saturated carbocycles. The molecular weight excluding hydrogens is 1250 g/mol. The fraction of sp³-hybridized carbons (Fsp3) is 0.385. The van der Waals surface area contributed by atoms with Gasteiger partial charge in [0.25, 0.3) is 0 Å². The zero-order chi connectivity index (χ0) is 66.7. The van der Waals surface area contributed by atoms with Crippen LogP contribution in [0.4, 0.5) is 83.4 Å². The molecule has 2 N–H and O–H groups in total. The summed E-state index contributed by atoms with van der Waals surface area (Å²) in [6.07, 6.45) is -12.3. The summed E-state index contributed by atoms with van der Waals surface area (Å²) in [6.45, 7) is -0.0656. The van der Waals surface area contributed by atoms with Crippen LogP contribution in [0.1, 0.15) is 107 Å². The minimum absolute atomic E-state index is 0.00112. The minimum atomic E-state index is -5.78. The molecule has 490 valence electrons. The Labute approximate surface area is 514 Å². The summed E-state index contributed by atoms with van der Waals surface area (Å²) in [7, 11) is 0. The molecule has 0 saturated heterocycles. The molecule has 8 nitrogen and oxygen atoms in total. The minimum Gasteiger partial charge on any atom is -0.354 e. The summed E-state index contributed by atoms with van der Waals surface area (Å²) >= 11 is 0. The van der Waals surface area contributed by atoms with E-state index in [0.717, 1.165) is 0 Å². The van der Waals surface area contributed by atoms with Gasteiger partial charge in [0.1, 0.15) is 26.2 Å². The number of pyridine rings is 4. The number of halogens is 19. The van der Waals surface area contributed by atoms with Gasteiger partial charge in [-0.2, -0.15) is 92.9 Å². The molecule has 0 atom stereocenters. The Balaban J connectivity index is 1.31. The molecule has 0 radical (unpaired) electrons. The molecule has 0 aromatic carbocycles. The van der Waals surface area contributed by atoms with E-state index in [-0.39, 0.29) is 88.0 Å². The topological polar surface area (TPSA) is 72.9 Å². The quantitative estimate of drug-likeness (QED) is 0.0340. The molecular formula is C65H61F19N8+4. The van der Waals surface area contributed by atoms with Gasteiger partial charge >= 0.3 is 48.1 Å². The normalized spacial score (nSPS) is 13.6. The van der Waals surface area contributed by atoms with Crippen molar-refractivity contribution in [1.29, 1.82) is 0 Å². The fourth-order valence-corrected chi connectivity index (χ4v) is 11.0. The summed E-state index contributed by atoms with van der Waals surface area (Å²) in [5, 5.41) is 0. The average Bonchev–Trinajstić information content (AvgIpc) is 1.60. The van der Waals surface area contributed by atoms with E-state index < -0.39 is 93.1 Å². The third-order valence-electron chi connectivity index (χ3n) is 16.0.